The van der Waals surface area contributed by atoms with Crippen LogP contribution in [0.15, 0.2) is 24.4 Å². The number of nitrogens with zero attached hydrogens (tertiary/aromatic N) is 4. The van der Waals surface area contributed by atoms with Crippen LogP contribution in [0.3, 0.4) is 0 Å². The normalized spacial score (nSPS) is 17.6. The second kappa shape index (κ2) is 7.18. The lowest BCUT2D eigenvalue weighted by atomic mass is 10.0. The van der Waals surface area contributed by atoms with Gasteiger partial charge in [-0.25, -0.2) is 4.98 Å². The summed E-state index contributed by atoms with van der Waals surface area (Å²) >= 11 is 0. The molecule has 6 heteroatoms. The van der Waals surface area contributed by atoms with Crippen molar-refractivity contribution in [3.8, 4) is 0 Å². The monoisotopic (exact) mass is 365 g/mol. The first kappa shape index (κ1) is 17.8. The molecule has 27 heavy (non-hydrogen) atoms. The van der Waals surface area contributed by atoms with Crippen LogP contribution < -0.4 is 0 Å². The minimum Gasteiger partial charge on any atom is -0.340 e. The van der Waals surface area contributed by atoms with Crippen LogP contribution in [0.5, 0.6) is 0 Å². The Morgan fingerprint density at radius 3 is 2.81 bits per heavy atom. The largest absolute Gasteiger partial charge is 0.340 e. The lowest BCUT2D eigenvalue weighted by Gasteiger charge is -2.34. The van der Waals surface area contributed by atoms with E-state index in [0.717, 1.165) is 48.4 Å². The number of piperidine rings is 1. The fraction of sp³-hybridized carbons (Fsp3) is 0.476. The number of hydrogen-bond acceptors (Lipinski definition) is 3. The molecule has 6 nitrogen and oxygen atoms in total. The van der Waals surface area contributed by atoms with Crippen molar-refractivity contribution in [2.45, 2.75) is 59.0 Å². The summed E-state index contributed by atoms with van der Waals surface area (Å²) in [7, 11) is 0. The molecule has 1 atom stereocenters. The molecule has 4 rings (SSSR count). The number of hydrogen-bond donors (Lipinski definition) is 1. The van der Waals surface area contributed by atoms with Crippen molar-refractivity contribution in [2.75, 3.05) is 6.54 Å². The van der Waals surface area contributed by atoms with Gasteiger partial charge in [-0.2, -0.15) is 5.10 Å². The quantitative estimate of drug-likeness (QED) is 0.764. The summed E-state index contributed by atoms with van der Waals surface area (Å²) in [5, 5.41) is 4.28. The number of carbonyl (C=O) groups is 1. The van der Waals surface area contributed by atoms with Crippen LogP contribution in [-0.4, -0.2) is 37.1 Å². The summed E-state index contributed by atoms with van der Waals surface area (Å²) in [6, 6.07) is 6.28. The molecular formula is C21H27N5O. The fourth-order valence-electron chi connectivity index (χ4n) is 3.94. The Balaban J connectivity index is 1.55. The third-order valence-electron chi connectivity index (χ3n) is 5.72. The van der Waals surface area contributed by atoms with E-state index >= 15 is 0 Å². The Labute approximate surface area is 159 Å². The molecule has 0 bridgehead atoms. The number of imidazole rings is 1. The Morgan fingerprint density at radius 1 is 1.22 bits per heavy atom. The van der Waals surface area contributed by atoms with E-state index in [1.54, 1.807) is 6.20 Å². The maximum Gasteiger partial charge on any atom is 0.225 e. The number of fused-ring (bicyclic) bond motifs is 1. The van der Waals surface area contributed by atoms with Gasteiger partial charge in [-0.1, -0.05) is 0 Å². The number of aromatic amines is 1. The molecule has 1 amide bonds. The minimum absolute atomic E-state index is 0.0398. The van der Waals surface area contributed by atoms with E-state index in [-0.39, 0.29) is 11.9 Å². The second-order valence-electron chi connectivity index (χ2n) is 7.62. The first-order chi connectivity index (χ1) is 13.0. The van der Waals surface area contributed by atoms with Crippen LogP contribution in [0.25, 0.3) is 11.0 Å². The van der Waals surface area contributed by atoms with Crippen LogP contribution in [0.1, 0.15) is 54.4 Å². The molecule has 0 radical (unpaired) electrons. The Hall–Kier alpha value is -2.63. The van der Waals surface area contributed by atoms with E-state index in [2.05, 4.69) is 36.1 Å². The van der Waals surface area contributed by atoms with Crippen LogP contribution in [-0.2, 0) is 11.3 Å². The standard InChI is InChI=1S/C21H27N5O/c1-14-12-17-18(13-15(14)2)24-21(23-17)19-6-4-5-10-25(19)20(27)8-11-26-16(3)7-9-22-26/h7,9,12-13,19H,4-6,8,10-11H2,1-3H3,(H,23,24)/t19-/m0/s1. The molecule has 0 spiro atoms. The molecule has 142 valence electrons. The first-order valence-corrected chi connectivity index (χ1v) is 9.77. The lowest BCUT2D eigenvalue weighted by Crippen LogP contribution is -2.39. The third-order valence-corrected chi connectivity index (χ3v) is 5.72. The SMILES string of the molecule is Cc1cc2nc([C@@H]3CCCCN3C(=O)CCn3nccc3C)[nH]c2cc1C. The molecule has 0 unspecified atom stereocenters. The molecule has 1 aromatic carbocycles. The van der Waals surface area contributed by atoms with Crippen molar-refractivity contribution in [1.82, 2.24) is 24.6 Å². The molecular weight excluding hydrogens is 338 g/mol. The van der Waals surface area contributed by atoms with Gasteiger partial charge in [0.05, 0.1) is 17.1 Å². The number of aromatic nitrogens is 4. The third kappa shape index (κ3) is 3.48. The van der Waals surface area contributed by atoms with Gasteiger partial charge in [-0.05, 0) is 69.4 Å². The Bertz CT molecular complexity index is 931. The summed E-state index contributed by atoms with van der Waals surface area (Å²) in [6.07, 6.45) is 5.40. The van der Waals surface area contributed by atoms with Crippen LogP contribution in [0, 0.1) is 20.8 Å². The molecule has 1 N–H and O–H groups in total. The number of likely N-dealkylation sites (tertiary alicyclic amines) is 1. The maximum absolute atomic E-state index is 13.0. The Morgan fingerprint density at radius 2 is 2.04 bits per heavy atom. The first-order valence-electron chi connectivity index (χ1n) is 9.77. The lowest BCUT2D eigenvalue weighted by molar-refractivity contribution is -0.135. The molecule has 1 saturated heterocycles. The Kier molecular flexibility index (Phi) is 4.72. The number of nitrogens with one attached hydrogen (secondary N) is 1. The topological polar surface area (TPSA) is 66.8 Å². The van der Waals surface area contributed by atoms with Crippen molar-refractivity contribution in [1.29, 1.82) is 0 Å². The van der Waals surface area contributed by atoms with Crippen molar-refractivity contribution < 1.29 is 4.79 Å². The fourth-order valence-corrected chi connectivity index (χ4v) is 3.94. The van der Waals surface area contributed by atoms with E-state index in [1.165, 1.54) is 11.1 Å². The molecule has 0 aliphatic carbocycles. The van der Waals surface area contributed by atoms with Crippen LogP contribution in [0.4, 0.5) is 0 Å². The van der Waals surface area contributed by atoms with Crippen molar-refractivity contribution in [3.63, 3.8) is 0 Å². The predicted octanol–water partition coefficient (Wildman–Crippen LogP) is 3.83. The van der Waals surface area contributed by atoms with Gasteiger partial charge in [-0.15, -0.1) is 0 Å². The average Bonchev–Trinajstić information content (AvgIpc) is 3.26. The summed E-state index contributed by atoms with van der Waals surface area (Å²) < 4.78 is 1.89. The molecule has 3 heterocycles. The summed E-state index contributed by atoms with van der Waals surface area (Å²) in [5.41, 5.74) is 5.62. The molecule has 3 aromatic rings. The van der Waals surface area contributed by atoms with Crippen LogP contribution >= 0.6 is 0 Å². The van der Waals surface area contributed by atoms with E-state index in [9.17, 15) is 4.79 Å². The number of aryl methyl sites for hydroxylation is 4. The number of rotatable bonds is 4. The molecule has 1 aliphatic heterocycles. The zero-order chi connectivity index (χ0) is 19.0. The van der Waals surface area contributed by atoms with Gasteiger partial charge in [-0.3, -0.25) is 9.48 Å². The van der Waals surface area contributed by atoms with E-state index in [0.29, 0.717) is 13.0 Å². The highest BCUT2D eigenvalue weighted by Crippen LogP contribution is 2.31. The van der Waals surface area contributed by atoms with Crippen molar-refractivity contribution in [3.05, 3.63) is 47.0 Å². The molecule has 0 saturated carbocycles. The number of H-pyrrole nitrogens is 1. The van der Waals surface area contributed by atoms with Crippen LogP contribution in [0.2, 0.25) is 0 Å². The minimum atomic E-state index is 0.0398. The zero-order valence-corrected chi connectivity index (χ0v) is 16.3. The van der Waals surface area contributed by atoms with E-state index < -0.39 is 0 Å². The highest BCUT2D eigenvalue weighted by Gasteiger charge is 2.30. The average molecular weight is 365 g/mol. The van der Waals surface area contributed by atoms with Gasteiger partial charge in [0.2, 0.25) is 5.91 Å². The molecule has 1 aliphatic rings. The molecule has 2 aromatic heterocycles. The van der Waals surface area contributed by atoms with Gasteiger partial charge in [0.15, 0.2) is 0 Å². The van der Waals surface area contributed by atoms with Gasteiger partial charge >= 0.3 is 0 Å². The highest BCUT2D eigenvalue weighted by molar-refractivity contribution is 5.78. The van der Waals surface area contributed by atoms with Gasteiger partial charge in [0.25, 0.3) is 0 Å². The highest BCUT2D eigenvalue weighted by atomic mass is 16.2. The van der Waals surface area contributed by atoms with E-state index in [4.69, 9.17) is 4.98 Å². The summed E-state index contributed by atoms with van der Waals surface area (Å²) in [4.78, 5) is 23.3. The summed E-state index contributed by atoms with van der Waals surface area (Å²) in [5.74, 6) is 1.10. The smallest absolute Gasteiger partial charge is 0.225 e. The number of benzene rings is 1. The maximum atomic E-state index is 13.0. The van der Waals surface area contributed by atoms with Gasteiger partial charge in [0, 0.05) is 31.4 Å². The number of amides is 1. The summed E-state index contributed by atoms with van der Waals surface area (Å²) in [6.45, 7) is 7.66. The van der Waals surface area contributed by atoms with Gasteiger partial charge < -0.3 is 9.88 Å². The van der Waals surface area contributed by atoms with Crippen molar-refractivity contribution in [2.24, 2.45) is 0 Å². The van der Waals surface area contributed by atoms with Crippen molar-refractivity contribution >= 4 is 16.9 Å². The van der Waals surface area contributed by atoms with E-state index in [1.807, 2.05) is 22.6 Å². The van der Waals surface area contributed by atoms with Gasteiger partial charge in [0.1, 0.15) is 5.82 Å². The zero-order valence-electron chi connectivity index (χ0n) is 16.3. The predicted molar refractivity (Wildman–Crippen MR) is 105 cm³/mol. The molecule has 1 fully saturated rings. The second-order valence-corrected chi connectivity index (χ2v) is 7.62. The number of carbonyl (C=O) groups excluding carboxylic acids is 1.